The van der Waals surface area contributed by atoms with Crippen molar-refractivity contribution in [3.05, 3.63) is 53.8 Å². The molecule has 1 N–H and O–H groups in total. The van der Waals surface area contributed by atoms with E-state index in [0.717, 1.165) is 5.56 Å². The van der Waals surface area contributed by atoms with Crippen molar-refractivity contribution >= 4 is 11.9 Å². The van der Waals surface area contributed by atoms with E-state index < -0.39 is 5.60 Å². The van der Waals surface area contributed by atoms with Gasteiger partial charge in [-0.1, -0.05) is 42.5 Å². The summed E-state index contributed by atoms with van der Waals surface area (Å²) < 4.78 is 5.14. The maximum absolute atomic E-state index is 11.3. The lowest BCUT2D eigenvalue weighted by Gasteiger charge is -2.31. The van der Waals surface area contributed by atoms with Gasteiger partial charge < -0.3 is 9.84 Å². The zero-order valence-electron chi connectivity index (χ0n) is 11.0. The molecule has 2 rings (SSSR count). The van der Waals surface area contributed by atoms with Crippen LogP contribution in [0, 0.1) is 0 Å². The van der Waals surface area contributed by atoms with E-state index in [2.05, 4.69) is 0 Å². The van der Waals surface area contributed by atoms with Crippen LogP contribution in [0.5, 0.6) is 0 Å². The molecule has 3 nitrogen and oxygen atoms in total. The van der Waals surface area contributed by atoms with Crippen LogP contribution in [-0.4, -0.2) is 23.6 Å². The van der Waals surface area contributed by atoms with E-state index in [1.807, 2.05) is 42.5 Å². The van der Waals surface area contributed by atoms with Crippen molar-refractivity contribution in [3.63, 3.8) is 0 Å². The maximum atomic E-state index is 11.3. The van der Waals surface area contributed by atoms with Gasteiger partial charge in [-0.3, -0.25) is 4.79 Å². The second-order valence-corrected chi connectivity index (χ2v) is 4.73. The summed E-state index contributed by atoms with van der Waals surface area (Å²) >= 11 is 0. The maximum Gasteiger partial charge on any atom is 0.159 e. The SMILES string of the molecule is COC1=CC(=O)CCC1(O)CC=Cc1ccccc1. The number of ketones is 1. The molecule has 0 bridgehead atoms. The van der Waals surface area contributed by atoms with Crippen LogP contribution in [0.3, 0.4) is 0 Å². The van der Waals surface area contributed by atoms with Crippen molar-refractivity contribution < 1.29 is 14.6 Å². The minimum Gasteiger partial charge on any atom is -0.498 e. The van der Waals surface area contributed by atoms with Gasteiger partial charge in [0.25, 0.3) is 0 Å². The molecule has 1 atom stereocenters. The van der Waals surface area contributed by atoms with Crippen molar-refractivity contribution in [1.82, 2.24) is 0 Å². The van der Waals surface area contributed by atoms with Crippen LogP contribution in [0.2, 0.25) is 0 Å². The molecular weight excluding hydrogens is 240 g/mol. The third-order valence-corrected chi connectivity index (χ3v) is 3.32. The summed E-state index contributed by atoms with van der Waals surface area (Å²) in [5, 5.41) is 10.5. The van der Waals surface area contributed by atoms with E-state index in [0.29, 0.717) is 25.0 Å². The van der Waals surface area contributed by atoms with Gasteiger partial charge in [0.15, 0.2) is 5.78 Å². The monoisotopic (exact) mass is 258 g/mol. The van der Waals surface area contributed by atoms with Crippen molar-refractivity contribution in [1.29, 1.82) is 0 Å². The summed E-state index contributed by atoms with van der Waals surface area (Å²) in [6.07, 6.45) is 6.49. The predicted molar refractivity (Wildman–Crippen MR) is 74.4 cm³/mol. The molecule has 1 aliphatic carbocycles. The Morgan fingerprint density at radius 1 is 1.37 bits per heavy atom. The number of benzene rings is 1. The van der Waals surface area contributed by atoms with Gasteiger partial charge in [0, 0.05) is 18.9 Å². The fourth-order valence-corrected chi connectivity index (χ4v) is 2.21. The van der Waals surface area contributed by atoms with Gasteiger partial charge >= 0.3 is 0 Å². The molecule has 1 aromatic rings. The van der Waals surface area contributed by atoms with Gasteiger partial charge in [-0.15, -0.1) is 0 Å². The number of carbonyl (C=O) groups is 1. The Kier molecular flexibility index (Phi) is 4.17. The second-order valence-electron chi connectivity index (χ2n) is 4.73. The molecule has 3 heteroatoms. The standard InChI is InChI=1S/C16H18O3/c1-19-15-12-14(17)9-11-16(15,18)10-5-8-13-6-3-2-4-7-13/h2-8,12,18H,9-11H2,1H3. The highest BCUT2D eigenvalue weighted by molar-refractivity contribution is 5.91. The highest BCUT2D eigenvalue weighted by Crippen LogP contribution is 2.31. The van der Waals surface area contributed by atoms with Crippen molar-refractivity contribution in [2.24, 2.45) is 0 Å². The van der Waals surface area contributed by atoms with E-state index in [-0.39, 0.29) is 5.78 Å². The van der Waals surface area contributed by atoms with Crippen LogP contribution in [0.25, 0.3) is 6.08 Å². The summed E-state index contributed by atoms with van der Waals surface area (Å²) in [4.78, 5) is 11.3. The number of hydrogen-bond donors (Lipinski definition) is 1. The Hall–Kier alpha value is -1.87. The average molecular weight is 258 g/mol. The van der Waals surface area contributed by atoms with Crippen LogP contribution in [0.4, 0.5) is 0 Å². The van der Waals surface area contributed by atoms with Gasteiger partial charge in [-0.25, -0.2) is 0 Å². The average Bonchev–Trinajstić information content (AvgIpc) is 2.43. The number of methoxy groups -OCH3 is 1. The Balaban J connectivity index is 2.07. The number of hydrogen-bond acceptors (Lipinski definition) is 3. The van der Waals surface area contributed by atoms with Crippen molar-refractivity contribution in [3.8, 4) is 0 Å². The molecule has 1 aliphatic rings. The van der Waals surface area contributed by atoms with E-state index >= 15 is 0 Å². The lowest BCUT2D eigenvalue weighted by Crippen LogP contribution is -2.35. The molecule has 100 valence electrons. The molecule has 19 heavy (non-hydrogen) atoms. The highest BCUT2D eigenvalue weighted by atomic mass is 16.5. The Bertz CT molecular complexity index is 502. The second kappa shape index (κ2) is 5.85. The number of ether oxygens (including phenoxy) is 1. The first-order valence-electron chi connectivity index (χ1n) is 6.37. The molecule has 0 saturated carbocycles. The third-order valence-electron chi connectivity index (χ3n) is 3.32. The molecule has 1 unspecified atom stereocenters. The molecule has 0 aromatic heterocycles. The number of carbonyl (C=O) groups excluding carboxylic acids is 1. The van der Waals surface area contributed by atoms with Crippen LogP contribution in [-0.2, 0) is 9.53 Å². The molecule has 1 aromatic carbocycles. The van der Waals surface area contributed by atoms with Gasteiger partial charge in [-0.2, -0.15) is 0 Å². The van der Waals surface area contributed by atoms with E-state index in [4.69, 9.17) is 4.74 Å². The minimum absolute atomic E-state index is 0.00793. The lowest BCUT2D eigenvalue weighted by atomic mass is 9.85. The quantitative estimate of drug-likeness (QED) is 0.903. The topological polar surface area (TPSA) is 46.5 Å². The Morgan fingerprint density at radius 2 is 2.11 bits per heavy atom. The van der Waals surface area contributed by atoms with E-state index in [1.54, 1.807) is 0 Å². The fourth-order valence-electron chi connectivity index (χ4n) is 2.21. The third kappa shape index (κ3) is 3.32. The fraction of sp³-hybridized carbons (Fsp3) is 0.312. The largest absolute Gasteiger partial charge is 0.498 e. The van der Waals surface area contributed by atoms with Gasteiger partial charge in [0.05, 0.1) is 7.11 Å². The summed E-state index contributed by atoms with van der Waals surface area (Å²) in [6.45, 7) is 0. The van der Waals surface area contributed by atoms with E-state index in [9.17, 15) is 9.90 Å². The molecule has 0 saturated heterocycles. The zero-order valence-corrected chi connectivity index (χ0v) is 11.0. The first-order chi connectivity index (χ1) is 9.14. The normalized spacial score (nSPS) is 23.5. The molecule has 0 heterocycles. The summed E-state index contributed by atoms with van der Waals surface area (Å²) in [5.74, 6) is 0.370. The summed E-state index contributed by atoms with van der Waals surface area (Å²) in [5.41, 5.74) is 0.0226. The van der Waals surface area contributed by atoms with Crippen LogP contribution < -0.4 is 0 Å². The molecule has 0 fully saturated rings. The van der Waals surface area contributed by atoms with Crippen molar-refractivity contribution in [2.45, 2.75) is 24.9 Å². The minimum atomic E-state index is -1.06. The van der Waals surface area contributed by atoms with Gasteiger partial charge in [-0.05, 0) is 12.0 Å². The first kappa shape index (κ1) is 13.6. The molecule has 0 radical (unpaired) electrons. The summed E-state index contributed by atoms with van der Waals surface area (Å²) in [7, 11) is 1.48. The number of rotatable bonds is 4. The lowest BCUT2D eigenvalue weighted by molar-refractivity contribution is -0.117. The smallest absolute Gasteiger partial charge is 0.159 e. The number of allylic oxidation sites excluding steroid dienone is 1. The van der Waals surface area contributed by atoms with Crippen LogP contribution in [0.15, 0.2) is 48.2 Å². The van der Waals surface area contributed by atoms with Gasteiger partial charge in [0.1, 0.15) is 11.4 Å². The van der Waals surface area contributed by atoms with Gasteiger partial charge in [0.2, 0.25) is 0 Å². The Labute approximate surface area is 113 Å². The highest BCUT2D eigenvalue weighted by Gasteiger charge is 2.35. The predicted octanol–water partition coefficient (Wildman–Crippen LogP) is 2.71. The Morgan fingerprint density at radius 3 is 2.79 bits per heavy atom. The van der Waals surface area contributed by atoms with Crippen LogP contribution >= 0.6 is 0 Å². The number of aliphatic hydroxyl groups is 1. The zero-order chi connectivity index (χ0) is 13.7. The first-order valence-corrected chi connectivity index (χ1v) is 6.37. The van der Waals surface area contributed by atoms with Crippen LogP contribution in [0.1, 0.15) is 24.8 Å². The summed E-state index contributed by atoms with van der Waals surface area (Å²) in [6, 6.07) is 9.89. The molecular formula is C16H18O3. The van der Waals surface area contributed by atoms with E-state index in [1.165, 1.54) is 13.2 Å². The molecule has 0 spiro atoms. The van der Waals surface area contributed by atoms with Crippen molar-refractivity contribution in [2.75, 3.05) is 7.11 Å². The molecule has 0 amide bonds. The molecule has 0 aliphatic heterocycles.